The molecule has 1 aromatic carbocycles. The van der Waals surface area contributed by atoms with Crippen LogP contribution < -0.4 is 0 Å². The molecule has 2 unspecified atom stereocenters. The molecule has 20 heavy (non-hydrogen) atoms. The molecular weight excluding hydrogens is 263 g/mol. The highest BCUT2D eigenvalue weighted by atomic mass is 19.1. The van der Waals surface area contributed by atoms with Crippen molar-refractivity contribution in [1.29, 1.82) is 0 Å². The smallest absolute Gasteiger partial charge is 0.335 e. The molecule has 5 heteroatoms. The van der Waals surface area contributed by atoms with Gasteiger partial charge in [-0.15, -0.1) is 0 Å². The fraction of sp³-hybridized carbons (Fsp3) is 0.533. The molecule has 0 radical (unpaired) electrons. The fourth-order valence-electron chi connectivity index (χ4n) is 2.55. The van der Waals surface area contributed by atoms with Crippen LogP contribution in [0.3, 0.4) is 0 Å². The van der Waals surface area contributed by atoms with Gasteiger partial charge in [-0.3, -0.25) is 0 Å². The topological polar surface area (TPSA) is 55.8 Å². The van der Waals surface area contributed by atoms with E-state index in [2.05, 4.69) is 0 Å². The van der Waals surface area contributed by atoms with Crippen LogP contribution >= 0.6 is 0 Å². The summed E-state index contributed by atoms with van der Waals surface area (Å²) in [4.78, 5) is 10.9. The Morgan fingerprint density at radius 3 is 2.60 bits per heavy atom. The van der Waals surface area contributed by atoms with Crippen LogP contribution in [0.4, 0.5) is 4.39 Å². The first-order chi connectivity index (χ1) is 9.44. The molecule has 1 saturated heterocycles. The van der Waals surface area contributed by atoms with Gasteiger partial charge in [-0.25, -0.2) is 9.18 Å². The quantitative estimate of drug-likeness (QED) is 0.922. The Morgan fingerprint density at radius 2 is 2.00 bits per heavy atom. The zero-order valence-electron chi connectivity index (χ0n) is 11.6. The molecule has 0 saturated carbocycles. The molecule has 1 fully saturated rings. The van der Waals surface area contributed by atoms with Gasteiger partial charge in [0.15, 0.2) is 0 Å². The molecule has 2 rings (SSSR count). The van der Waals surface area contributed by atoms with Gasteiger partial charge < -0.3 is 14.6 Å². The van der Waals surface area contributed by atoms with Gasteiger partial charge >= 0.3 is 5.97 Å². The largest absolute Gasteiger partial charge is 0.478 e. The second kappa shape index (κ2) is 6.33. The van der Waals surface area contributed by atoms with Gasteiger partial charge in [0.05, 0.1) is 30.5 Å². The lowest BCUT2D eigenvalue weighted by atomic mass is 10.0. The van der Waals surface area contributed by atoms with Crippen LogP contribution in [0.5, 0.6) is 0 Å². The van der Waals surface area contributed by atoms with Crippen LogP contribution in [0.25, 0.3) is 0 Å². The van der Waals surface area contributed by atoms with E-state index in [-0.39, 0.29) is 30.5 Å². The van der Waals surface area contributed by atoms with E-state index in [0.717, 1.165) is 18.9 Å². The fourth-order valence-corrected chi connectivity index (χ4v) is 2.55. The molecule has 0 aliphatic carbocycles. The van der Waals surface area contributed by atoms with Gasteiger partial charge in [-0.1, -0.05) is 0 Å². The molecule has 1 aliphatic heterocycles. The summed E-state index contributed by atoms with van der Waals surface area (Å²) in [5.41, 5.74) is 0.478. The second-order valence-electron chi connectivity index (χ2n) is 5.32. The minimum Gasteiger partial charge on any atom is -0.478 e. The van der Waals surface area contributed by atoms with Crippen LogP contribution in [0.15, 0.2) is 18.2 Å². The SMILES string of the molecule is CC1CC(OCc2cc(F)cc(C(=O)O)c2)CC(C)O1. The number of halogens is 1. The van der Waals surface area contributed by atoms with Crippen molar-refractivity contribution >= 4 is 5.97 Å². The predicted octanol–water partition coefficient (Wildman–Crippen LogP) is 3.00. The Morgan fingerprint density at radius 1 is 1.35 bits per heavy atom. The number of aromatic carboxylic acids is 1. The number of rotatable bonds is 4. The normalized spacial score (nSPS) is 26.4. The number of carboxylic acids is 1. The summed E-state index contributed by atoms with van der Waals surface area (Å²) in [5.74, 6) is -1.70. The first kappa shape index (κ1) is 14.9. The molecule has 1 aromatic rings. The molecule has 110 valence electrons. The van der Waals surface area contributed by atoms with Gasteiger partial charge in [-0.05, 0) is 50.5 Å². The lowest BCUT2D eigenvalue weighted by Crippen LogP contribution is -2.34. The van der Waals surface area contributed by atoms with E-state index in [9.17, 15) is 9.18 Å². The van der Waals surface area contributed by atoms with Crippen molar-refractivity contribution in [1.82, 2.24) is 0 Å². The number of hydrogen-bond donors (Lipinski definition) is 1. The maximum atomic E-state index is 13.3. The molecule has 4 nitrogen and oxygen atoms in total. The summed E-state index contributed by atoms with van der Waals surface area (Å²) in [6, 6.07) is 3.75. The number of hydrogen-bond acceptors (Lipinski definition) is 3. The highest BCUT2D eigenvalue weighted by molar-refractivity contribution is 5.87. The summed E-state index contributed by atoms with van der Waals surface area (Å²) >= 11 is 0. The minimum absolute atomic E-state index is 0.0580. The van der Waals surface area contributed by atoms with Crippen molar-refractivity contribution in [3.8, 4) is 0 Å². The third-order valence-electron chi connectivity index (χ3n) is 3.34. The maximum Gasteiger partial charge on any atom is 0.335 e. The Kier molecular flexibility index (Phi) is 4.73. The average Bonchev–Trinajstić information content (AvgIpc) is 2.34. The van der Waals surface area contributed by atoms with Crippen LogP contribution in [-0.4, -0.2) is 29.4 Å². The van der Waals surface area contributed by atoms with E-state index in [1.165, 1.54) is 12.1 Å². The molecule has 0 aromatic heterocycles. The van der Waals surface area contributed by atoms with Crippen molar-refractivity contribution in [3.63, 3.8) is 0 Å². The molecule has 0 amide bonds. The second-order valence-corrected chi connectivity index (χ2v) is 5.32. The van der Waals surface area contributed by atoms with Crippen LogP contribution in [0.1, 0.15) is 42.6 Å². The average molecular weight is 282 g/mol. The third kappa shape index (κ3) is 4.02. The molecule has 1 N–H and O–H groups in total. The Labute approximate surface area is 117 Å². The predicted molar refractivity (Wildman–Crippen MR) is 71.2 cm³/mol. The Bertz CT molecular complexity index is 479. The number of carbonyl (C=O) groups is 1. The highest BCUT2D eigenvalue weighted by Crippen LogP contribution is 2.23. The summed E-state index contributed by atoms with van der Waals surface area (Å²) < 4.78 is 24.7. The van der Waals surface area contributed by atoms with Gasteiger partial charge in [0.25, 0.3) is 0 Å². The van der Waals surface area contributed by atoms with Crippen molar-refractivity contribution in [3.05, 3.63) is 35.1 Å². The Hall–Kier alpha value is -1.46. The van der Waals surface area contributed by atoms with Crippen LogP contribution in [0.2, 0.25) is 0 Å². The summed E-state index contributed by atoms with van der Waals surface area (Å²) in [5, 5.41) is 8.90. The van der Waals surface area contributed by atoms with Crippen molar-refractivity contribution < 1.29 is 23.8 Å². The van der Waals surface area contributed by atoms with Gasteiger partial charge in [0.2, 0.25) is 0 Å². The highest BCUT2D eigenvalue weighted by Gasteiger charge is 2.25. The molecule has 1 heterocycles. The van der Waals surface area contributed by atoms with Gasteiger partial charge in [0, 0.05) is 0 Å². The van der Waals surface area contributed by atoms with Crippen molar-refractivity contribution in [2.24, 2.45) is 0 Å². The van der Waals surface area contributed by atoms with Crippen molar-refractivity contribution in [2.45, 2.75) is 51.6 Å². The van der Waals surface area contributed by atoms with E-state index < -0.39 is 11.8 Å². The third-order valence-corrected chi connectivity index (χ3v) is 3.34. The number of carboxylic acid groups (broad SMARTS) is 1. The summed E-state index contributed by atoms with van der Waals surface area (Å²) in [6.07, 6.45) is 1.94. The maximum absolute atomic E-state index is 13.3. The minimum atomic E-state index is -1.14. The Balaban J connectivity index is 1.98. The molecule has 0 spiro atoms. The van der Waals surface area contributed by atoms with E-state index in [1.807, 2.05) is 13.8 Å². The van der Waals surface area contributed by atoms with E-state index >= 15 is 0 Å². The molecule has 2 atom stereocenters. The lowest BCUT2D eigenvalue weighted by molar-refractivity contribution is -0.106. The van der Waals surface area contributed by atoms with E-state index in [1.54, 1.807) is 0 Å². The molecule has 1 aliphatic rings. The zero-order chi connectivity index (χ0) is 14.7. The monoisotopic (exact) mass is 282 g/mol. The van der Waals surface area contributed by atoms with Crippen LogP contribution in [-0.2, 0) is 16.1 Å². The first-order valence-electron chi connectivity index (χ1n) is 6.74. The van der Waals surface area contributed by atoms with Crippen molar-refractivity contribution in [2.75, 3.05) is 0 Å². The first-order valence-corrected chi connectivity index (χ1v) is 6.74. The van der Waals surface area contributed by atoms with E-state index in [0.29, 0.717) is 5.56 Å². The number of benzene rings is 1. The summed E-state index contributed by atoms with van der Waals surface area (Å²) in [7, 11) is 0. The standard InChI is InChI=1S/C15H19FO4/c1-9-3-14(4-10(2)20-9)19-8-11-5-12(15(17)18)7-13(16)6-11/h5-7,9-10,14H,3-4,8H2,1-2H3,(H,17,18). The van der Waals surface area contributed by atoms with Gasteiger partial charge in [0.1, 0.15) is 5.82 Å². The van der Waals surface area contributed by atoms with E-state index in [4.69, 9.17) is 14.6 Å². The molecular formula is C15H19FO4. The summed E-state index contributed by atoms with van der Waals surface area (Å²) in [6.45, 7) is 4.20. The number of ether oxygens (including phenoxy) is 2. The van der Waals surface area contributed by atoms with Crippen LogP contribution in [0, 0.1) is 5.82 Å². The lowest BCUT2D eigenvalue weighted by Gasteiger charge is -2.32. The van der Waals surface area contributed by atoms with Gasteiger partial charge in [-0.2, -0.15) is 0 Å². The molecule has 0 bridgehead atoms. The zero-order valence-corrected chi connectivity index (χ0v) is 11.6.